The fourth-order valence-electron chi connectivity index (χ4n) is 8.40. The fourth-order valence-corrected chi connectivity index (χ4v) is 8.40. The van der Waals surface area contributed by atoms with Crippen LogP contribution in [0.4, 0.5) is 0 Å². The molecule has 0 atom stereocenters. The van der Waals surface area contributed by atoms with E-state index < -0.39 is 5.97 Å². The van der Waals surface area contributed by atoms with Crippen molar-refractivity contribution in [3.05, 3.63) is 80.6 Å². The SMILES string of the molecule is COC(=O)C1CC2(C1)CC(c1n[nH]c(=O)c3ccccc13)C2.O=C(O)C1CC2(C1)CC(c1n[nH]c(=O)c3ccccc13)C2.[Li+].[OH-]. The van der Waals surface area contributed by atoms with Gasteiger partial charge in [-0.25, -0.2) is 10.2 Å². The summed E-state index contributed by atoms with van der Waals surface area (Å²) in [4.78, 5) is 46.1. The van der Waals surface area contributed by atoms with Crippen LogP contribution in [0.15, 0.2) is 58.1 Å². The number of carbonyl (C=O) groups excluding carboxylic acids is 1. The van der Waals surface area contributed by atoms with Gasteiger partial charge in [0.25, 0.3) is 11.1 Å². The number of H-pyrrole nitrogens is 2. The van der Waals surface area contributed by atoms with Gasteiger partial charge in [-0.15, -0.1) is 0 Å². The summed E-state index contributed by atoms with van der Waals surface area (Å²) in [7, 11) is 1.45. The van der Waals surface area contributed by atoms with Crippen LogP contribution in [-0.4, -0.2) is 50.0 Å². The number of carboxylic acids is 1. The molecule has 4 aromatic rings. The average Bonchev–Trinajstić information content (AvgIpc) is 2.92. The molecular formula is C33H35LiN4O7. The molecule has 0 unspecified atom stereocenters. The van der Waals surface area contributed by atoms with E-state index in [2.05, 4.69) is 20.4 Å². The van der Waals surface area contributed by atoms with Gasteiger partial charge in [0.2, 0.25) is 0 Å². The number of aromatic nitrogens is 4. The molecule has 4 saturated carbocycles. The van der Waals surface area contributed by atoms with Crippen molar-refractivity contribution in [2.45, 2.75) is 63.2 Å². The zero-order valence-electron chi connectivity index (χ0n) is 25.4. The van der Waals surface area contributed by atoms with Gasteiger partial charge in [-0.3, -0.25) is 19.2 Å². The second-order valence-electron chi connectivity index (χ2n) is 13.2. The predicted octanol–water partition coefficient (Wildman–Crippen LogP) is 1.48. The smallest absolute Gasteiger partial charge is 0.870 e. The van der Waals surface area contributed by atoms with Gasteiger partial charge in [-0.1, -0.05) is 36.4 Å². The number of fused-ring (bicyclic) bond motifs is 2. The first-order valence-electron chi connectivity index (χ1n) is 15.0. The molecule has 2 aromatic heterocycles. The standard InChI is InChI=1S/C17H18N2O3.C16H16N2O3.Li.H2O/c1-22-16(21)11-8-17(9-11)6-10(7-17)14-12-4-2-3-5-13(12)15(20)19-18-14;19-14-12-4-2-1-3-11(12)13(17-18-14)9-5-16(6-9)7-10(8-16)15(20)21;;/h2-5,10-11H,6-9H2,1H3,(H,19,20);1-4,9-10H,5-8H2,(H,18,19)(H,20,21);;1H2/q;;+1;/p-1. The van der Waals surface area contributed by atoms with E-state index in [9.17, 15) is 19.2 Å². The Hall–Kier alpha value is -3.78. The van der Waals surface area contributed by atoms with E-state index in [1.165, 1.54) is 7.11 Å². The Morgan fingerprint density at radius 2 is 1.09 bits per heavy atom. The van der Waals surface area contributed by atoms with Gasteiger partial charge < -0.3 is 15.3 Å². The summed E-state index contributed by atoms with van der Waals surface area (Å²) in [6, 6.07) is 15.2. The first-order chi connectivity index (χ1) is 20.7. The Bertz CT molecular complexity index is 1860. The van der Waals surface area contributed by atoms with E-state index in [0.29, 0.717) is 28.0 Å². The topological polar surface area (TPSA) is 185 Å². The van der Waals surface area contributed by atoms with Crippen molar-refractivity contribution in [2.24, 2.45) is 22.7 Å². The number of methoxy groups -OCH3 is 1. The van der Waals surface area contributed by atoms with Crippen LogP contribution in [0.2, 0.25) is 0 Å². The van der Waals surface area contributed by atoms with Crippen molar-refractivity contribution in [3.8, 4) is 0 Å². The molecule has 0 radical (unpaired) electrons. The minimum atomic E-state index is -0.670. The number of benzene rings is 2. The molecule has 0 amide bonds. The molecule has 2 aromatic carbocycles. The molecule has 0 bridgehead atoms. The summed E-state index contributed by atoms with van der Waals surface area (Å²) in [5.74, 6) is -0.127. The van der Waals surface area contributed by atoms with Gasteiger partial charge in [0.15, 0.2) is 0 Å². The number of aromatic amines is 2. The van der Waals surface area contributed by atoms with E-state index in [0.717, 1.165) is 73.5 Å². The zero-order valence-corrected chi connectivity index (χ0v) is 25.4. The van der Waals surface area contributed by atoms with E-state index in [4.69, 9.17) is 9.84 Å². The quantitative estimate of drug-likeness (QED) is 0.229. The van der Waals surface area contributed by atoms with Crippen molar-refractivity contribution in [3.63, 3.8) is 0 Å². The van der Waals surface area contributed by atoms with Gasteiger partial charge >= 0.3 is 30.8 Å². The number of hydrogen-bond donors (Lipinski definition) is 3. The molecule has 4 fully saturated rings. The van der Waals surface area contributed by atoms with Crippen molar-refractivity contribution in [1.29, 1.82) is 0 Å². The maximum atomic E-state index is 11.8. The van der Waals surface area contributed by atoms with Crippen LogP contribution >= 0.6 is 0 Å². The van der Waals surface area contributed by atoms with Gasteiger partial charge in [0.05, 0.1) is 41.1 Å². The maximum Gasteiger partial charge on any atom is 1.00 e. The fraction of sp³-hybridized carbons (Fsp3) is 0.455. The minimum Gasteiger partial charge on any atom is -0.870 e. The Balaban J connectivity index is 0.000000170. The van der Waals surface area contributed by atoms with Gasteiger partial charge in [0.1, 0.15) is 0 Å². The molecular weight excluding hydrogens is 571 g/mol. The Morgan fingerprint density at radius 1 is 0.711 bits per heavy atom. The first-order valence-corrected chi connectivity index (χ1v) is 15.0. The zero-order chi connectivity index (χ0) is 29.9. The van der Waals surface area contributed by atoms with Crippen molar-refractivity contribution in [1.82, 2.24) is 20.4 Å². The molecule has 45 heavy (non-hydrogen) atoms. The number of aliphatic carboxylic acids is 1. The van der Waals surface area contributed by atoms with Crippen LogP contribution in [-0.2, 0) is 14.3 Å². The third-order valence-electron chi connectivity index (χ3n) is 10.5. The van der Waals surface area contributed by atoms with Gasteiger partial charge in [-0.05, 0) is 74.3 Å². The predicted molar refractivity (Wildman–Crippen MR) is 161 cm³/mol. The minimum absolute atomic E-state index is 0. The summed E-state index contributed by atoms with van der Waals surface area (Å²) < 4.78 is 4.81. The van der Waals surface area contributed by atoms with Crippen LogP contribution in [0.5, 0.6) is 0 Å². The number of esters is 1. The monoisotopic (exact) mass is 606 g/mol. The Kier molecular flexibility index (Phi) is 8.84. The van der Waals surface area contributed by atoms with E-state index in [-0.39, 0.29) is 58.7 Å². The molecule has 4 aliphatic carbocycles. The number of ether oxygens (including phenoxy) is 1. The van der Waals surface area contributed by atoms with Crippen LogP contribution in [0, 0.1) is 22.7 Å². The number of carboxylic acid groups (broad SMARTS) is 1. The normalized spacial score (nSPS) is 29.0. The third kappa shape index (κ3) is 5.62. The van der Waals surface area contributed by atoms with Crippen LogP contribution < -0.4 is 30.0 Å². The molecule has 4 aliphatic rings. The Morgan fingerprint density at radius 3 is 1.47 bits per heavy atom. The molecule has 0 saturated heterocycles. The average molecular weight is 607 g/mol. The molecule has 8 rings (SSSR count). The molecule has 230 valence electrons. The van der Waals surface area contributed by atoms with E-state index >= 15 is 0 Å². The second-order valence-corrected chi connectivity index (χ2v) is 13.2. The van der Waals surface area contributed by atoms with Crippen LogP contribution in [0.25, 0.3) is 21.5 Å². The van der Waals surface area contributed by atoms with E-state index in [1.807, 2.05) is 48.5 Å². The van der Waals surface area contributed by atoms with Crippen LogP contribution in [0.3, 0.4) is 0 Å². The summed E-state index contributed by atoms with van der Waals surface area (Å²) >= 11 is 0. The molecule has 4 N–H and O–H groups in total. The molecule has 11 nitrogen and oxygen atoms in total. The van der Waals surface area contributed by atoms with Crippen molar-refractivity contribution in [2.75, 3.05) is 7.11 Å². The van der Waals surface area contributed by atoms with Crippen molar-refractivity contribution >= 4 is 33.5 Å². The third-order valence-corrected chi connectivity index (χ3v) is 10.5. The summed E-state index contributed by atoms with van der Waals surface area (Å²) in [6.07, 6.45) is 7.50. The molecule has 2 spiro atoms. The molecule has 2 heterocycles. The number of nitrogens with zero attached hydrogens (tertiary/aromatic N) is 2. The number of rotatable bonds is 4. The van der Waals surface area contributed by atoms with Gasteiger partial charge in [0, 0.05) is 22.6 Å². The summed E-state index contributed by atoms with van der Waals surface area (Å²) in [6.45, 7) is 0. The molecule has 0 aliphatic heterocycles. The number of hydrogen-bond acceptors (Lipinski definition) is 8. The Labute approximate surface area is 270 Å². The van der Waals surface area contributed by atoms with Gasteiger partial charge in [-0.2, -0.15) is 10.2 Å². The maximum absolute atomic E-state index is 11.8. The summed E-state index contributed by atoms with van der Waals surface area (Å²) in [5, 5.41) is 26.0. The molecule has 12 heteroatoms. The largest absolute Gasteiger partial charge is 1.00 e. The first kappa shape index (κ1) is 32.6. The van der Waals surface area contributed by atoms with Crippen LogP contribution in [0.1, 0.15) is 74.6 Å². The van der Waals surface area contributed by atoms with E-state index in [1.54, 1.807) is 0 Å². The summed E-state index contributed by atoms with van der Waals surface area (Å²) in [5.41, 5.74) is 2.16. The number of nitrogens with one attached hydrogen (secondary N) is 2. The number of carbonyl (C=O) groups is 2. The van der Waals surface area contributed by atoms with Crippen molar-refractivity contribution < 1.29 is 43.8 Å². The second kappa shape index (κ2) is 12.2.